The maximum atomic E-state index is 9.29. The minimum atomic E-state index is 0.374. The van der Waals surface area contributed by atoms with Crippen molar-refractivity contribution in [2.75, 3.05) is 0 Å². The van der Waals surface area contributed by atoms with Gasteiger partial charge in [-0.05, 0) is 42.4 Å². The van der Waals surface area contributed by atoms with Crippen LogP contribution in [-0.4, -0.2) is 5.11 Å². The van der Waals surface area contributed by atoms with Crippen LogP contribution in [0.25, 0.3) is 0 Å². The van der Waals surface area contributed by atoms with Gasteiger partial charge in [0.15, 0.2) is 0 Å². The van der Waals surface area contributed by atoms with Gasteiger partial charge in [-0.2, -0.15) is 0 Å². The Morgan fingerprint density at radius 3 is 1.91 bits per heavy atom. The number of aromatic hydroxyl groups is 1. The molecule has 0 saturated heterocycles. The lowest BCUT2D eigenvalue weighted by molar-refractivity contribution is 0.245. The van der Waals surface area contributed by atoms with Gasteiger partial charge in [0.05, 0.1) is 0 Å². The molecule has 1 aromatic carbocycles. The molecule has 22 heavy (non-hydrogen) atoms. The van der Waals surface area contributed by atoms with Gasteiger partial charge in [-0.1, -0.05) is 83.3 Å². The molecule has 1 saturated carbocycles. The summed E-state index contributed by atoms with van der Waals surface area (Å²) in [6.45, 7) is 2.30. The van der Waals surface area contributed by atoms with E-state index in [0.717, 1.165) is 18.3 Å². The molecule has 1 heteroatoms. The average molecular weight is 303 g/mol. The molecule has 1 aliphatic carbocycles. The van der Waals surface area contributed by atoms with E-state index in [-0.39, 0.29) is 0 Å². The zero-order valence-electron chi connectivity index (χ0n) is 14.4. The van der Waals surface area contributed by atoms with Crippen molar-refractivity contribution in [3.63, 3.8) is 0 Å². The van der Waals surface area contributed by atoms with Crippen LogP contribution in [0.2, 0.25) is 0 Å². The molecule has 2 rings (SSSR count). The Morgan fingerprint density at radius 1 is 0.818 bits per heavy atom. The van der Waals surface area contributed by atoms with Gasteiger partial charge in [-0.25, -0.2) is 0 Å². The zero-order valence-corrected chi connectivity index (χ0v) is 14.4. The lowest BCUT2D eigenvalue weighted by Gasteiger charge is -2.28. The first-order valence-electron chi connectivity index (χ1n) is 9.56. The van der Waals surface area contributed by atoms with E-state index in [4.69, 9.17) is 0 Å². The topological polar surface area (TPSA) is 20.2 Å². The van der Waals surface area contributed by atoms with E-state index in [1.54, 1.807) is 12.1 Å². The Kier molecular flexibility index (Phi) is 7.83. The summed E-state index contributed by atoms with van der Waals surface area (Å²) in [7, 11) is 0. The van der Waals surface area contributed by atoms with Crippen molar-refractivity contribution in [3.8, 4) is 5.75 Å². The van der Waals surface area contributed by atoms with E-state index in [0.29, 0.717) is 5.75 Å². The highest BCUT2D eigenvalue weighted by Crippen LogP contribution is 2.34. The molecule has 0 radical (unpaired) electrons. The molecule has 0 heterocycles. The number of aryl methyl sites for hydroxylation is 1. The van der Waals surface area contributed by atoms with E-state index in [1.165, 1.54) is 76.2 Å². The Balaban J connectivity index is 1.52. The first kappa shape index (κ1) is 17.4. The molecule has 0 aliphatic heterocycles. The summed E-state index contributed by atoms with van der Waals surface area (Å²) in [5.41, 5.74) is 1.36. The summed E-state index contributed by atoms with van der Waals surface area (Å²) >= 11 is 0. The Hall–Kier alpha value is -0.980. The van der Waals surface area contributed by atoms with Crippen LogP contribution in [-0.2, 0) is 6.42 Å². The zero-order chi connectivity index (χ0) is 15.6. The molecule has 1 nitrogen and oxygen atoms in total. The van der Waals surface area contributed by atoms with Crippen LogP contribution in [0, 0.1) is 11.8 Å². The number of benzene rings is 1. The summed E-state index contributed by atoms with van der Waals surface area (Å²) in [4.78, 5) is 0. The number of phenolic OH excluding ortho intramolecular Hbond substituents is 1. The summed E-state index contributed by atoms with van der Waals surface area (Å²) < 4.78 is 0. The van der Waals surface area contributed by atoms with E-state index in [2.05, 4.69) is 19.1 Å². The predicted octanol–water partition coefficient (Wildman–Crippen LogP) is 6.49. The molecule has 0 spiro atoms. The van der Waals surface area contributed by atoms with Crippen molar-refractivity contribution < 1.29 is 5.11 Å². The Labute approximate surface area is 137 Å². The summed E-state index contributed by atoms with van der Waals surface area (Å²) in [5.74, 6) is 2.42. The number of hydrogen-bond donors (Lipinski definition) is 1. The third kappa shape index (κ3) is 6.42. The van der Waals surface area contributed by atoms with Gasteiger partial charge in [0.25, 0.3) is 0 Å². The number of unbranched alkanes of at least 4 members (excludes halogenated alkanes) is 3. The molecule has 0 aromatic heterocycles. The number of hydrogen-bond acceptors (Lipinski definition) is 1. The van der Waals surface area contributed by atoms with E-state index in [1.807, 2.05) is 0 Å². The molecule has 1 aromatic rings. The maximum Gasteiger partial charge on any atom is 0.115 e. The first-order valence-corrected chi connectivity index (χ1v) is 9.56. The second-order valence-corrected chi connectivity index (χ2v) is 7.29. The lowest BCUT2D eigenvalue weighted by Crippen LogP contribution is -2.14. The van der Waals surface area contributed by atoms with Gasteiger partial charge in [-0.3, -0.25) is 0 Å². The molecular formula is C21H34O. The molecule has 0 atom stereocenters. The summed E-state index contributed by atoms with van der Waals surface area (Å²) in [6, 6.07) is 7.71. The lowest BCUT2D eigenvalue weighted by atomic mass is 9.78. The van der Waals surface area contributed by atoms with Gasteiger partial charge in [-0.15, -0.1) is 0 Å². The molecule has 1 N–H and O–H groups in total. The van der Waals surface area contributed by atoms with Crippen LogP contribution in [0.3, 0.4) is 0 Å². The van der Waals surface area contributed by atoms with Crippen LogP contribution in [0.1, 0.15) is 83.1 Å². The highest BCUT2D eigenvalue weighted by Gasteiger charge is 2.20. The van der Waals surface area contributed by atoms with E-state index >= 15 is 0 Å². The standard InChI is InChI=1S/C21H34O/c1-2-3-4-7-18-10-12-19(13-11-18)8-5-6-9-20-14-16-21(22)17-15-20/h14-19,22H,2-13H2,1H3. The molecule has 0 bridgehead atoms. The SMILES string of the molecule is CCCCCC1CCC(CCCCc2ccc(O)cc2)CC1. The number of rotatable bonds is 9. The van der Waals surface area contributed by atoms with Gasteiger partial charge in [0.1, 0.15) is 5.75 Å². The van der Waals surface area contributed by atoms with Crippen LogP contribution < -0.4 is 0 Å². The molecule has 0 unspecified atom stereocenters. The van der Waals surface area contributed by atoms with Gasteiger partial charge in [0, 0.05) is 0 Å². The van der Waals surface area contributed by atoms with Crippen LogP contribution in [0.4, 0.5) is 0 Å². The van der Waals surface area contributed by atoms with E-state index < -0.39 is 0 Å². The highest BCUT2D eigenvalue weighted by molar-refractivity contribution is 5.25. The number of phenols is 1. The minimum Gasteiger partial charge on any atom is -0.508 e. The minimum absolute atomic E-state index is 0.374. The van der Waals surface area contributed by atoms with Crippen molar-refractivity contribution in [1.29, 1.82) is 0 Å². The van der Waals surface area contributed by atoms with Crippen molar-refractivity contribution in [2.24, 2.45) is 11.8 Å². The first-order chi connectivity index (χ1) is 10.8. The molecule has 1 aliphatic rings. The second kappa shape index (κ2) is 9.92. The van der Waals surface area contributed by atoms with Gasteiger partial charge in [0.2, 0.25) is 0 Å². The third-order valence-electron chi connectivity index (χ3n) is 5.45. The van der Waals surface area contributed by atoms with Crippen molar-refractivity contribution >= 4 is 0 Å². The summed E-state index contributed by atoms with van der Waals surface area (Å²) in [6.07, 6.45) is 16.9. The Bertz CT molecular complexity index is 387. The Morgan fingerprint density at radius 2 is 1.36 bits per heavy atom. The van der Waals surface area contributed by atoms with Crippen molar-refractivity contribution in [2.45, 2.75) is 84.0 Å². The maximum absolute atomic E-state index is 9.29. The fourth-order valence-electron chi connectivity index (χ4n) is 3.92. The molecule has 124 valence electrons. The monoisotopic (exact) mass is 302 g/mol. The van der Waals surface area contributed by atoms with Crippen LogP contribution in [0.15, 0.2) is 24.3 Å². The molecule has 1 fully saturated rings. The largest absolute Gasteiger partial charge is 0.508 e. The average Bonchev–Trinajstić information content (AvgIpc) is 2.55. The smallest absolute Gasteiger partial charge is 0.115 e. The molecule has 0 amide bonds. The second-order valence-electron chi connectivity index (χ2n) is 7.29. The molecular weight excluding hydrogens is 268 g/mol. The van der Waals surface area contributed by atoms with E-state index in [9.17, 15) is 5.11 Å². The van der Waals surface area contributed by atoms with Crippen molar-refractivity contribution in [1.82, 2.24) is 0 Å². The highest BCUT2D eigenvalue weighted by atomic mass is 16.3. The van der Waals surface area contributed by atoms with Gasteiger partial charge >= 0.3 is 0 Å². The fraction of sp³-hybridized carbons (Fsp3) is 0.714. The van der Waals surface area contributed by atoms with Crippen LogP contribution >= 0.6 is 0 Å². The van der Waals surface area contributed by atoms with Crippen molar-refractivity contribution in [3.05, 3.63) is 29.8 Å². The van der Waals surface area contributed by atoms with Gasteiger partial charge < -0.3 is 5.11 Å². The quantitative estimate of drug-likeness (QED) is 0.517. The summed E-state index contributed by atoms with van der Waals surface area (Å²) in [5, 5.41) is 9.29. The van der Waals surface area contributed by atoms with Crippen LogP contribution in [0.5, 0.6) is 5.75 Å². The predicted molar refractivity (Wildman–Crippen MR) is 95.3 cm³/mol. The normalized spacial score (nSPS) is 21.9. The third-order valence-corrected chi connectivity index (χ3v) is 5.45. The fourth-order valence-corrected chi connectivity index (χ4v) is 3.92.